The van der Waals surface area contributed by atoms with Gasteiger partial charge in [0.1, 0.15) is 17.0 Å². The Morgan fingerprint density at radius 1 is 1.19 bits per heavy atom. The summed E-state index contributed by atoms with van der Waals surface area (Å²) in [5, 5.41) is 3.51. The van der Waals surface area contributed by atoms with E-state index >= 15 is 0 Å². The number of aromatic nitrogens is 1. The van der Waals surface area contributed by atoms with Crippen LogP contribution in [0.5, 0.6) is 5.75 Å². The minimum absolute atomic E-state index is 0.257. The van der Waals surface area contributed by atoms with Crippen molar-refractivity contribution in [2.24, 2.45) is 0 Å². The highest BCUT2D eigenvalue weighted by Gasteiger charge is 2.36. The molecule has 162 valence electrons. The summed E-state index contributed by atoms with van der Waals surface area (Å²) >= 11 is 0. The van der Waals surface area contributed by atoms with Gasteiger partial charge in [0, 0.05) is 36.8 Å². The number of ether oxygens (including phenoxy) is 1. The molecule has 0 saturated carbocycles. The molecule has 1 unspecified atom stereocenters. The van der Waals surface area contributed by atoms with Gasteiger partial charge >= 0.3 is 0 Å². The molecule has 1 aromatic carbocycles. The molecule has 0 amide bonds. The Morgan fingerprint density at radius 2 is 2.03 bits per heavy atom. The maximum atomic E-state index is 6.62. The highest BCUT2D eigenvalue weighted by Crippen LogP contribution is 2.43. The van der Waals surface area contributed by atoms with E-state index in [1.165, 1.54) is 11.1 Å². The van der Waals surface area contributed by atoms with Gasteiger partial charge in [-0.1, -0.05) is 24.3 Å². The van der Waals surface area contributed by atoms with Crippen LogP contribution in [0, 0.1) is 6.92 Å². The smallest absolute Gasteiger partial charge is 0.129 e. The molecule has 1 saturated heterocycles. The average Bonchev–Trinajstić information content (AvgIpc) is 3.02. The van der Waals surface area contributed by atoms with Crippen molar-refractivity contribution in [3.05, 3.63) is 77.3 Å². The number of hydrogen-bond donors (Lipinski definition) is 1. The molecule has 0 radical (unpaired) electrons. The Labute approximate surface area is 186 Å². The van der Waals surface area contributed by atoms with E-state index in [-0.39, 0.29) is 5.60 Å². The number of fused-ring (bicyclic) bond motifs is 1. The quantitative estimate of drug-likeness (QED) is 0.682. The van der Waals surface area contributed by atoms with Crippen molar-refractivity contribution in [3.63, 3.8) is 0 Å². The summed E-state index contributed by atoms with van der Waals surface area (Å²) in [5.74, 6) is 0.976. The molecule has 1 fully saturated rings. The molecule has 0 bridgehead atoms. The van der Waals surface area contributed by atoms with Crippen LogP contribution in [0.3, 0.4) is 0 Å². The van der Waals surface area contributed by atoms with Crippen LogP contribution in [-0.2, 0) is 0 Å². The van der Waals surface area contributed by atoms with Crippen LogP contribution in [0.4, 0.5) is 0 Å². The van der Waals surface area contributed by atoms with Crippen LogP contribution in [-0.4, -0.2) is 41.7 Å². The minimum Gasteiger partial charge on any atom is -0.482 e. The fourth-order valence-electron chi connectivity index (χ4n) is 4.68. The zero-order valence-electron chi connectivity index (χ0n) is 19.0. The van der Waals surface area contributed by atoms with E-state index in [2.05, 4.69) is 79.7 Å². The topological polar surface area (TPSA) is 37.4 Å². The molecule has 1 spiro atoms. The molecule has 4 heteroatoms. The van der Waals surface area contributed by atoms with Gasteiger partial charge in [0.05, 0.1) is 5.69 Å². The first-order chi connectivity index (χ1) is 15.1. The van der Waals surface area contributed by atoms with Crippen molar-refractivity contribution in [2.75, 3.05) is 26.2 Å². The van der Waals surface area contributed by atoms with E-state index in [1.807, 2.05) is 6.20 Å². The number of nitrogens with one attached hydrogen (secondary N) is 1. The molecule has 4 rings (SSSR count). The van der Waals surface area contributed by atoms with E-state index in [0.29, 0.717) is 0 Å². The zero-order chi connectivity index (χ0) is 21.8. The molecule has 1 N–H and O–H groups in total. The Bertz CT molecular complexity index is 1000. The lowest BCUT2D eigenvalue weighted by Crippen LogP contribution is -2.37. The lowest BCUT2D eigenvalue weighted by Gasteiger charge is -2.36. The van der Waals surface area contributed by atoms with Gasteiger partial charge < -0.3 is 15.0 Å². The molecular weight excluding hydrogens is 382 g/mol. The monoisotopic (exact) mass is 415 g/mol. The first-order valence-electron chi connectivity index (χ1n) is 11.4. The van der Waals surface area contributed by atoms with Gasteiger partial charge in [-0.05, 0) is 76.6 Å². The third kappa shape index (κ3) is 4.32. The summed E-state index contributed by atoms with van der Waals surface area (Å²) in [4.78, 5) is 7.05. The normalized spacial score (nSPS) is 20.2. The largest absolute Gasteiger partial charge is 0.482 e. The van der Waals surface area contributed by atoms with Gasteiger partial charge in [-0.2, -0.15) is 0 Å². The first-order valence-corrected chi connectivity index (χ1v) is 11.4. The average molecular weight is 416 g/mol. The third-order valence-corrected chi connectivity index (χ3v) is 6.39. The van der Waals surface area contributed by atoms with Gasteiger partial charge in [0.15, 0.2) is 0 Å². The SMILES string of the molecule is C=C=C(c1ccc(C2=CC3(CCCNCC3)Oc3ccc(C)cc32)cn1)N(CC)CC. The summed E-state index contributed by atoms with van der Waals surface area (Å²) in [7, 11) is 0. The molecule has 2 aromatic rings. The van der Waals surface area contributed by atoms with Crippen molar-refractivity contribution in [1.29, 1.82) is 0 Å². The van der Waals surface area contributed by atoms with Crippen molar-refractivity contribution >= 4 is 11.3 Å². The molecule has 1 atom stereocenters. The molecule has 0 aliphatic carbocycles. The van der Waals surface area contributed by atoms with Crippen molar-refractivity contribution < 1.29 is 4.74 Å². The molecule has 4 nitrogen and oxygen atoms in total. The third-order valence-electron chi connectivity index (χ3n) is 6.39. The summed E-state index contributed by atoms with van der Waals surface area (Å²) in [6, 6.07) is 10.8. The van der Waals surface area contributed by atoms with E-state index < -0.39 is 0 Å². The van der Waals surface area contributed by atoms with Crippen LogP contribution in [0.15, 0.2) is 54.9 Å². The van der Waals surface area contributed by atoms with Gasteiger partial charge in [-0.25, -0.2) is 0 Å². The van der Waals surface area contributed by atoms with Crippen molar-refractivity contribution in [2.45, 2.75) is 45.6 Å². The second kappa shape index (κ2) is 9.13. The fraction of sp³-hybridized carbons (Fsp3) is 0.407. The van der Waals surface area contributed by atoms with E-state index in [0.717, 1.165) is 73.7 Å². The molecule has 2 aliphatic heterocycles. The summed E-state index contributed by atoms with van der Waals surface area (Å²) in [6.45, 7) is 14.1. The zero-order valence-corrected chi connectivity index (χ0v) is 19.0. The van der Waals surface area contributed by atoms with Gasteiger partial charge in [-0.15, -0.1) is 5.73 Å². The van der Waals surface area contributed by atoms with E-state index in [9.17, 15) is 0 Å². The van der Waals surface area contributed by atoms with Crippen molar-refractivity contribution in [1.82, 2.24) is 15.2 Å². The Morgan fingerprint density at radius 3 is 2.74 bits per heavy atom. The molecular formula is C27H33N3O. The Kier molecular flexibility index (Phi) is 6.31. The highest BCUT2D eigenvalue weighted by atomic mass is 16.5. The number of benzene rings is 1. The summed E-state index contributed by atoms with van der Waals surface area (Å²) < 4.78 is 6.62. The predicted molar refractivity (Wildman–Crippen MR) is 128 cm³/mol. The number of nitrogens with zero attached hydrogens (tertiary/aromatic N) is 2. The van der Waals surface area contributed by atoms with Crippen LogP contribution < -0.4 is 10.1 Å². The Hall–Kier alpha value is -2.81. The number of rotatable bonds is 5. The molecule has 1 aromatic heterocycles. The van der Waals surface area contributed by atoms with Gasteiger partial charge in [0.2, 0.25) is 0 Å². The number of pyridine rings is 1. The number of hydrogen-bond acceptors (Lipinski definition) is 4. The van der Waals surface area contributed by atoms with Gasteiger partial charge in [-0.3, -0.25) is 4.98 Å². The lowest BCUT2D eigenvalue weighted by molar-refractivity contribution is 0.103. The standard InChI is InChI=1S/C27H33N3O/c1-5-25(30(6-2)7-3)24-11-10-21(19-29-24)23-18-27(13-8-15-28-16-14-27)31-26-12-9-20(4)17-22(23)26/h9-12,17-19,28H,1,6-8,13-16H2,2-4H3. The first kappa shape index (κ1) is 21.4. The molecule has 3 heterocycles. The second-order valence-corrected chi connectivity index (χ2v) is 8.46. The minimum atomic E-state index is -0.257. The summed E-state index contributed by atoms with van der Waals surface area (Å²) in [6.07, 6.45) is 7.45. The van der Waals surface area contributed by atoms with Crippen molar-refractivity contribution in [3.8, 4) is 5.75 Å². The fourth-order valence-corrected chi connectivity index (χ4v) is 4.68. The van der Waals surface area contributed by atoms with Crippen LogP contribution in [0.25, 0.3) is 11.3 Å². The number of aryl methyl sites for hydroxylation is 1. The van der Waals surface area contributed by atoms with Crippen LogP contribution in [0.2, 0.25) is 0 Å². The lowest BCUT2D eigenvalue weighted by atomic mass is 9.84. The maximum absolute atomic E-state index is 6.62. The molecule has 31 heavy (non-hydrogen) atoms. The summed E-state index contributed by atoms with van der Waals surface area (Å²) in [5.41, 5.74) is 9.42. The predicted octanol–water partition coefficient (Wildman–Crippen LogP) is 5.19. The second-order valence-electron chi connectivity index (χ2n) is 8.46. The van der Waals surface area contributed by atoms with E-state index in [1.54, 1.807) is 0 Å². The Balaban J connectivity index is 1.76. The van der Waals surface area contributed by atoms with E-state index in [4.69, 9.17) is 9.72 Å². The highest BCUT2D eigenvalue weighted by molar-refractivity contribution is 5.85. The molecule has 2 aliphatic rings. The maximum Gasteiger partial charge on any atom is 0.129 e. The van der Waals surface area contributed by atoms with Crippen LogP contribution >= 0.6 is 0 Å². The van der Waals surface area contributed by atoms with Gasteiger partial charge in [0.25, 0.3) is 0 Å². The van der Waals surface area contributed by atoms with Crippen LogP contribution in [0.1, 0.15) is 55.5 Å².